The third kappa shape index (κ3) is 2.35. The Morgan fingerprint density at radius 2 is 2.12 bits per heavy atom. The molecule has 94 valence electrons. The summed E-state index contributed by atoms with van der Waals surface area (Å²) in [5.41, 5.74) is 6.44. The van der Waals surface area contributed by atoms with Crippen molar-refractivity contribution in [2.45, 2.75) is 51.9 Å². The van der Waals surface area contributed by atoms with E-state index in [1.807, 2.05) is 13.8 Å². The highest BCUT2D eigenvalue weighted by atomic mass is 16.1. The smallest absolute Gasteiger partial charge is 0.256 e. The molecular formula is C13H21N3O. The Balaban J connectivity index is 2.36. The second kappa shape index (κ2) is 4.51. The van der Waals surface area contributed by atoms with Gasteiger partial charge in [-0.2, -0.15) is 0 Å². The minimum absolute atomic E-state index is 0.0675. The molecule has 4 nitrogen and oxygen atoms in total. The van der Waals surface area contributed by atoms with Gasteiger partial charge in [0, 0.05) is 5.92 Å². The first-order valence-electron chi connectivity index (χ1n) is 6.38. The number of nitrogen functional groups attached to an aromatic ring is 1. The summed E-state index contributed by atoms with van der Waals surface area (Å²) in [6.45, 7) is 6.16. The molecule has 1 aromatic heterocycles. The summed E-state index contributed by atoms with van der Waals surface area (Å²) in [6.07, 6.45) is 3.41. The predicted molar refractivity (Wildman–Crippen MR) is 69.1 cm³/mol. The molecule has 0 radical (unpaired) electrons. The second-order valence-corrected chi connectivity index (χ2v) is 5.52. The Hall–Kier alpha value is -1.32. The number of H-pyrrole nitrogens is 1. The molecule has 4 heteroatoms. The van der Waals surface area contributed by atoms with Crippen LogP contribution in [0.25, 0.3) is 0 Å². The van der Waals surface area contributed by atoms with Crippen molar-refractivity contribution in [1.82, 2.24) is 9.97 Å². The summed E-state index contributed by atoms with van der Waals surface area (Å²) >= 11 is 0. The average molecular weight is 235 g/mol. The number of anilines is 1. The Labute approximate surface area is 102 Å². The highest BCUT2D eigenvalue weighted by molar-refractivity contribution is 5.40. The molecular weight excluding hydrogens is 214 g/mol. The molecule has 1 heterocycles. The highest BCUT2D eigenvalue weighted by Gasteiger charge is 2.25. The first-order chi connectivity index (χ1) is 7.99. The molecule has 1 aliphatic rings. The van der Waals surface area contributed by atoms with Crippen LogP contribution in [0.5, 0.6) is 0 Å². The van der Waals surface area contributed by atoms with Gasteiger partial charge in [-0.25, -0.2) is 4.98 Å². The fraction of sp³-hybridized carbons (Fsp3) is 0.692. The van der Waals surface area contributed by atoms with E-state index in [1.54, 1.807) is 0 Å². The minimum atomic E-state index is -0.0675. The van der Waals surface area contributed by atoms with Crippen molar-refractivity contribution in [3.8, 4) is 0 Å². The lowest BCUT2D eigenvalue weighted by molar-refractivity contribution is 0.583. The van der Waals surface area contributed by atoms with Crippen molar-refractivity contribution in [3.63, 3.8) is 0 Å². The summed E-state index contributed by atoms with van der Waals surface area (Å²) in [7, 11) is 0. The Bertz CT molecular complexity index is 464. The maximum Gasteiger partial charge on any atom is 0.256 e. The third-order valence-electron chi connectivity index (χ3n) is 3.66. The van der Waals surface area contributed by atoms with Gasteiger partial charge >= 0.3 is 0 Å². The van der Waals surface area contributed by atoms with Crippen LogP contribution in [0.3, 0.4) is 0 Å². The fourth-order valence-corrected chi connectivity index (χ4v) is 2.72. The molecule has 1 saturated carbocycles. The molecule has 0 saturated heterocycles. The Morgan fingerprint density at radius 3 is 2.59 bits per heavy atom. The van der Waals surface area contributed by atoms with Crippen LogP contribution in [0.2, 0.25) is 0 Å². The standard InChI is InChI=1S/C13H21N3O/c1-7(2)10-11(14)15-12(16-13(10)17)9-5-4-8(3)6-9/h7-9H,4-6H2,1-3H3,(H3,14,15,16,17). The van der Waals surface area contributed by atoms with Crippen molar-refractivity contribution in [1.29, 1.82) is 0 Å². The van der Waals surface area contributed by atoms with E-state index >= 15 is 0 Å². The molecule has 2 unspecified atom stereocenters. The molecule has 0 spiro atoms. The minimum Gasteiger partial charge on any atom is -0.383 e. The van der Waals surface area contributed by atoms with Crippen LogP contribution in [-0.4, -0.2) is 9.97 Å². The van der Waals surface area contributed by atoms with Gasteiger partial charge in [-0.15, -0.1) is 0 Å². The zero-order valence-corrected chi connectivity index (χ0v) is 10.8. The summed E-state index contributed by atoms with van der Waals surface area (Å²) in [6, 6.07) is 0. The first kappa shape index (κ1) is 12.1. The number of hydrogen-bond donors (Lipinski definition) is 2. The van der Waals surface area contributed by atoms with Crippen LogP contribution in [0.1, 0.15) is 63.3 Å². The van der Waals surface area contributed by atoms with Crippen LogP contribution in [0.15, 0.2) is 4.79 Å². The molecule has 17 heavy (non-hydrogen) atoms. The van der Waals surface area contributed by atoms with Crippen LogP contribution < -0.4 is 11.3 Å². The predicted octanol–water partition coefficient (Wildman–Crippen LogP) is 2.38. The maximum atomic E-state index is 12.0. The van der Waals surface area contributed by atoms with Crippen molar-refractivity contribution in [2.75, 3.05) is 5.73 Å². The molecule has 1 aromatic rings. The van der Waals surface area contributed by atoms with Crippen LogP contribution in [-0.2, 0) is 0 Å². The molecule has 0 aliphatic heterocycles. The van der Waals surface area contributed by atoms with Crippen LogP contribution in [0, 0.1) is 5.92 Å². The van der Waals surface area contributed by atoms with Gasteiger partial charge in [0.2, 0.25) is 0 Å². The third-order valence-corrected chi connectivity index (χ3v) is 3.66. The summed E-state index contributed by atoms with van der Waals surface area (Å²) in [4.78, 5) is 19.3. The lowest BCUT2D eigenvalue weighted by atomic mass is 10.0. The van der Waals surface area contributed by atoms with Gasteiger partial charge in [-0.3, -0.25) is 4.79 Å². The second-order valence-electron chi connectivity index (χ2n) is 5.52. The largest absolute Gasteiger partial charge is 0.383 e. The monoisotopic (exact) mass is 235 g/mol. The van der Waals surface area contributed by atoms with E-state index in [1.165, 1.54) is 6.42 Å². The van der Waals surface area contributed by atoms with Crippen LogP contribution in [0.4, 0.5) is 5.82 Å². The Kier molecular flexibility index (Phi) is 3.22. The number of aromatic amines is 1. The molecule has 0 aromatic carbocycles. The van der Waals surface area contributed by atoms with Crippen molar-refractivity contribution in [2.24, 2.45) is 5.92 Å². The van der Waals surface area contributed by atoms with Gasteiger partial charge in [-0.05, 0) is 31.1 Å². The van der Waals surface area contributed by atoms with Crippen molar-refractivity contribution in [3.05, 3.63) is 21.7 Å². The van der Waals surface area contributed by atoms with E-state index < -0.39 is 0 Å². The zero-order chi connectivity index (χ0) is 12.6. The quantitative estimate of drug-likeness (QED) is 0.826. The van der Waals surface area contributed by atoms with E-state index in [0.29, 0.717) is 17.3 Å². The van der Waals surface area contributed by atoms with Crippen molar-refractivity contribution < 1.29 is 0 Å². The first-order valence-corrected chi connectivity index (χ1v) is 6.38. The van der Waals surface area contributed by atoms with E-state index in [-0.39, 0.29) is 11.5 Å². The normalized spacial score (nSPS) is 24.5. The lowest BCUT2D eigenvalue weighted by Crippen LogP contribution is -2.21. The van der Waals surface area contributed by atoms with Crippen LogP contribution >= 0.6 is 0 Å². The molecule has 3 N–H and O–H groups in total. The maximum absolute atomic E-state index is 12.0. The van der Waals surface area contributed by atoms with Gasteiger partial charge in [0.1, 0.15) is 11.6 Å². The van der Waals surface area contributed by atoms with E-state index in [4.69, 9.17) is 5.73 Å². The summed E-state index contributed by atoms with van der Waals surface area (Å²) in [5.74, 6) is 2.39. The highest BCUT2D eigenvalue weighted by Crippen LogP contribution is 2.36. The van der Waals surface area contributed by atoms with Gasteiger partial charge in [0.25, 0.3) is 5.56 Å². The SMILES string of the molecule is CC1CCC(c2nc(N)c(C(C)C)c(=O)[nH]2)C1. The van der Waals surface area contributed by atoms with Gasteiger partial charge in [0.15, 0.2) is 0 Å². The van der Waals surface area contributed by atoms with E-state index in [2.05, 4.69) is 16.9 Å². The molecule has 0 bridgehead atoms. The molecule has 0 amide bonds. The number of nitrogens with two attached hydrogens (primary N) is 1. The summed E-state index contributed by atoms with van der Waals surface area (Å²) < 4.78 is 0. The van der Waals surface area contributed by atoms with Gasteiger partial charge in [0.05, 0.1) is 5.56 Å². The molecule has 2 atom stereocenters. The van der Waals surface area contributed by atoms with E-state index in [0.717, 1.165) is 24.6 Å². The fourth-order valence-electron chi connectivity index (χ4n) is 2.72. The van der Waals surface area contributed by atoms with Crippen molar-refractivity contribution >= 4 is 5.82 Å². The Morgan fingerprint density at radius 1 is 1.41 bits per heavy atom. The topological polar surface area (TPSA) is 71.8 Å². The van der Waals surface area contributed by atoms with Gasteiger partial charge < -0.3 is 10.7 Å². The molecule has 2 rings (SSSR count). The number of rotatable bonds is 2. The average Bonchev–Trinajstić information content (AvgIpc) is 2.63. The number of nitrogens with one attached hydrogen (secondary N) is 1. The number of hydrogen-bond acceptors (Lipinski definition) is 3. The van der Waals surface area contributed by atoms with Gasteiger partial charge in [-0.1, -0.05) is 20.8 Å². The lowest BCUT2D eigenvalue weighted by Gasteiger charge is -2.13. The van der Waals surface area contributed by atoms with E-state index in [9.17, 15) is 4.79 Å². The summed E-state index contributed by atoms with van der Waals surface area (Å²) in [5, 5.41) is 0. The number of nitrogens with zero attached hydrogens (tertiary/aromatic N) is 1. The molecule has 1 aliphatic carbocycles. The number of aromatic nitrogens is 2. The molecule has 1 fully saturated rings. The zero-order valence-electron chi connectivity index (χ0n) is 10.8.